The van der Waals surface area contributed by atoms with Gasteiger partial charge in [0.1, 0.15) is 0 Å². The van der Waals surface area contributed by atoms with E-state index in [1.165, 1.54) is 0 Å². The normalized spacial score (nSPS) is 10.6. The summed E-state index contributed by atoms with van der Waals surface area (Å²) in [5.74, 6) is 0.948. The van der Waals surface area contributed by atoms with Crippen LogP contribution in [-0.2, 0) is 6.42 Å². The number of nitrogens with zero attached hydrogens (tertiary/aromatic N) is 3. The summed E-state index contributed by atoms with van der Waals surface area (Å²) in [4.78, 5) is 6.75. The maximum atomic E-state index is 5.62. The lowest BCUT2D eigenvalue weighted by Gasteiger charge is -2.18. The summed E-state index contributed by atoms with van der Waals surface area (Å²) in [7, 11) is 2.02. The Morgan fingerprint density at radius 3 is 2.61 bits per heavy atom. The second-order valence-electron chi connectivity index (χ2n) is 4.30. The van der Waals surface area contributed by atoms with Gasteiger partial charge in [-0.3, -0.25) is 4.57 Å². The first-order valence-electron chi connectivity index (χ1n) is 6.31. The fraction of sp³-hybridized carbons (Fsp3) is 0.357. The highest BCUT2D eigenvalue weighted by Crippen LogP contribution is 2.19. The molecule has 1 heterocycles. The molecule has 0 saturated heterocycles. The van der Waals surface area contributed by atoms with E-state index in [4.69, 9.17) is 5.73 Å². The van der Waals surface area contributed by atoms with E-state index in [2.05, 4.69) is 39.7 Å². The zero-order chi connectivity index (χ0) is 13.0. The molecular weight excluding hydrogens is 224 g/mol. The van der Waals surface area contributed by atoms with Crippen LogP contribution in [0.5, 0.6) is 0 Å². The van der Waals surface area contributed by atoms with Crippen molar-refractivity contribution in [2.24, 2.45) is 5.73 Å². The number of anilines is 1. The van der Waals surface area contributed by atoms with Crippen LogP contribution in [0.4, 0.5) is 5.95 Å². The fourth-order valence-corrected chi connectivity index (χ4v) is 1.93. The highest BCUT2D eigenvalue weighted by Gasteiger charge is 2.12. The molecule has 4 nitrogen and oxygen atoms in total. The van der Waals surface area contributed by atoms with Crippen LogP contribution in [0.15, 0.2) is 36.5 Å². The highest BCUT2D eigenvalue weighted by molar-refractivity contribution is 5.44. The van der Waals surface area contributed by atoms with Crippen LogP contribution in [0.1, 0.15) is 12.6 Å². The summed E-state index contributed by atoms with van der Waals surface area (Å²) in [6.07, 6.45) is 3.03. The average Bonchev–Trinajstić information content (AvgIpc) is 2.84. The number of likely N-dealkylation sites (N-methyl/N-ethyl adjacent to an activating group) is 1. The first-order chi connectivity index (χ1) is 8.76. The van der Waals surface area contributed by atoms with E-state index >= 15 is 0 Å². The van der Waals surface area contributed by atoms with E-state index in [0.717, 1.165) is 30.3 Å². The summed E-state index contributed by atoms with van der Waals surface area (Å²) < 4.78 is 2.12. The molecule has 0 atom stereocenters. The van der Waals surface area contributed by atoms with Gasteiger partial charge in [0.05, 0.1) is 5.69 Å². The van der Waals surface area contributed by atoms with E-state index in [-0.39, 0.29) is 0 Å². The number of hydrogen-bond donors (Lipinski definition) is 1. The summed E-state index contributed by atoms with van der Waals surface area (Å²) in [6.45, 7) is 3.54. The monoisotopic (exact) mass is 244 g/mol. The largest absolute Gasteiger partial charge is 0.344 e. The molecule has 0 aliphatic carbocycles. The number of benzene rings is 1. The van der Waals surface area contributed by atoms with Crippen molar-refractivity contribution in [1.29, 1.82) is 0 Å². The van der Waals surface area contributed by atoms with Gasteiger partial charge >= 0.3 is 0 Å². The SMILES string of the molecule is CCc1cn(-c2ccccc2)c(N(C)CCN)n1. The zero-order valence-electron chi connectivity index (χ0n) is 11.0. The molecule has 0 aliphatic heterocycles. The van der Waals surface area contributed by atoms with Crippen molar-refractivity contribution in [3.63, 3.8) is 0 Å². The zero-order valence-corrected chi connectivity index (χ0v) is 11.0. The Morgan fingerprint density at radius 1 is 1.28 bits per heavy atom. The number of aryl methyl sites for hydroxylation is 1. The minimum atomic E-state index is 0.625. The van der Waals surface area contributed by atoms with Gasteiger partial charge in [0.25, 0.3) is 0 Å². The number of rotatable bonds is 5. The van der Waals surface area contributed by atoms with Crippen LogP contribution >= 0.6 is 0 Å². The van der Waals surface area contributed by atoms with Gasteiger partial charge in [0, 0.05) is 32.0 Å². The van der Waals surface area contributed by atoms with Gasteiger partial charge in [-0.15, -0.1) is 0 Å². The van der Waals surface area contributed by atoms with Crippen molar-refractivity contribution in [1.82, 2.24) is 9.55 Å². The Morgan fingerprint density at radius 2 is 2.00 bits per heavy atom. The standard InChI is InChI=1S/C14H20N4/c1-3-12-11-18(13-7-5-4-6-8-13)14(16-12)17(2)10-9-15/h4-8,11H,3,9-10,15H2,1-2H3. The lowest BCUT2D eigenvalue weighted by atomic mass is 10.3. The van der Waals surface area contributed by atoms with E-state index < -0.39 is 0 Å². The van der Waals surface area contributed by atoms with Crippen molar-refractivity contribution < 1.29 is 0 Å². The van der Waals surface area contributed by atoms with Crippen LogP contribution in [0.3, 0.4) is 0 Å². The average molecular weight is 244 g/mol. The van der Waals surface area contributed by atoms with E-state index in [0.29, 0.717) is 6.54 Å². The topological polar surface area (TPSA) is 47.1 Å². The summed E-state index contributed by atoms with van der Waals surface area (Å²) in [5.41, 5.74) is 7.84. The van der Waals surface area contributed by atoms with Gasteiger partial charge in [-0.1, -0.05) is 25.1 Å². The number of aromatic nitrogens is 2. The quantitative estimate of drug-likeness (QED) is 0.873. The number of nitrogens with two attached hydrogens (primary N) is 1. The highest BCUT2D eigenvalue weighted by atomic mass is 15.3. The summed E-state index contributed by atoms with van der Waals surface area (Å²) in [6, 6.07) is 10.3. The Kier molecular flexibility index (Phi) is 3.99. The van der Waals surface area contributed by atoms with Gasteiger partial charge in [0.15, 0.2) is 0 Å². The minimum absolute atomic E-state index is 0.625. The lowest BCUT2D eigenvalue weighted by molar-refractivity contribution is 0.831. The predicted octanol–water partition coefficient (Wildman–Crippen LogP) is 1.83. The van der Waals surface area contributed by atoms with Gasteiger partial charge in [-0.05, 0) is 18.6 Å². The molecule has 2 aromatic rings. The molecule has 0 spiro atoms. The van der Waals surface area contributed by atoms with Gasteiger partial charge in [-0.25, -0.2) is 4.98 Å². The molecule has 2 rings (SSSR count). The smallest absolute Gasteiger partial charge is 0.210 e. The maximum absolute atomic E-state index is 5.62. The van der Waals surface area contributed by atoms with Crippen molar-refractivity contribution in [3.05, 3.63) is 42.2 Å². The van der Waals surface area contributed by atoms with E-state index in [1.807, 2.05) is 25.2 Å². The number of hydrogen-bond acceptors (Lipinski definition) is 3. The third kappa shape index (κ3) is 2.54. The molecule has 0 unspecified atom stereocenters. The molecule has 2 N–H and O–H groups in total. The molecule has 0 saturated carbocycles. The Bertz CT molecular complexity index is 490. The Balaban J connectivity index is 2.42. The molecule has 0 bridgehead atoms. The molecule has 18 heavy (non-hydrogen) atoms. The van der Waals surface area contributed by atoms with Crippen molar-refractivity contribution in [2.45, 2.75) is 13.3 Å². The van der Waals surface area contributed by atoms with Crippen molar-refractivity contribution in [3.8, 4) is 5.69 Å². The number of imidazole rings is 1. The van der Waals surface area contributed by atoms with Gasteiger partial charge in [0.2, 0.25) is 5.95 Å². The molecule has 0 radical (unpaired) electrons. The maximum Gasteiger partial charge on any atom is 0.210 e. The first kappa shape index (κ1) is 12.6. The second kappa shape index (κ2) is 5.69. The van der Waals surface area contributed by atoms with Crippen LogP contribution in [0, 0.1) is 0 Å². The van der Waals surface area contributed by atoms with Crippen LogP contribution < -0.4 is 10.6 Å². The molecule has 96 valence electrons. The molecule has 0 amide bonds. The third-order valence-electron chi connectivity index (χ3n) is 2.94. The minimum Gasteiger partial charge on any atom is -0.344 e. The number of para-hydroxylation sites is 1. The lowest BCUT2D eigenvalue weighted by Crippen LogP contribution is -2.27. The van der Waals surface area contributed by atoms with Gasteiger partial charge in [-0.2, -0.15) is 0 Å². The van der Waals surface area contributed by atoms with E-state index in [9.17, 15) is 0 Å². The summed E-state index contributed by atoms with van der Waals surface area (Å²) >= 11 is 0. The molecule has 4 heteroatoms. The van der Waals surface area contributed by atoms with Crippen molar-refractivity contribution >= 4 is 5.95 Å². The fourth-order valence-electron chi connectivity index (χ4n) is 1.93. The van der Waals surface area contributed by atoms with Crippen LogP contribution in [0.2, 0.25) is 0 Å². The van der Waals surface area contributed by atoms with Crippen molar-refractivity contribution in [2.75, 3.05) is 25.0 Å². The third-order valence-corrected chi connectivity index (χ3v) is 2.94. The molecule has 1 aromatic carbocycles. The predicted molar refractivity (Wildman–Crippen MR) is 75.3 cm³/mol. The molecule has 1 aromatic heterocycles. The van der Waals surface area contributed by atoms with Crippen LogP contribution in [-0.4, -0.2) is 29.7 Å². The molecule has 0 fully saturated rings. The Hall–Kier alpha value is -1.81. The Labute approximate surface area is 108 Å². The van der Waals surface area contributed by atoms with Gasteiger partial charge < -0.3 is 10.6 Å². The first-order valence-corrected chi connectivity index (χ1v) is 6.31. The molecule has 0 aliphatic rings. The second-order valence-corrected chi connectivity index (χ2v) is 4.30. The van der Waals surface area contributed by atoms with Crippen LogP contribution in [0.25, 0.3) is 5.69 Å². The molecular formula is C14H20N4. The summed E-state index contributed by atoms with van der Waals surface area (Å²) in [5, 5.41) is 0. The van der Waals surface area contributed by atoms with E-state index in [1.54, 1.807) is 0 Å².